The summed E-state index contributed by atoms with van der Waals surface area (Å²) < 4.78 is 4.96. The summed E-state index contributed by atoms with van der Waals surface area (Å²) in [6.45, 7) is 0.574. The summed E-state index contributed by atoms with van der Waals surface area (Å²) in [4.78, 5) is 26.6. The second kappa shape index (κ2) is 7.85. The van der Waals surface area contributed by atoms with Crippen LogP contribution in [0.4, 0.5) is 4.79 Å². The van der Waals surface area contributed by atoms with Crippen molar-refractivity contribution in [1.29, 1.82) is 0 Å². The monoisotopic (exact) mass is 482 g/mol. The molecule has 0 radical (unpaired) electrons. The molecule has 0 unspecified atom stereocenters. The molecule has 4 saturated heterocycles. The molecule has 4 aliphatic heterocycles. The summed E-state index contributed by atoms with van der Waals surface area (Å²) >= 11 is 3.67. The van der Waals surface area contributed by atoms with Gasteiger partial charge in [0.05, 0.1) is 25.6 Å². The standard InChI is InChI=1S/C24H26N4O3S2/c1-31-18-10-8-17(9-11-18)20-21-24(26-22(30)25-21)23(32-12-5-13-33-23)14-19(29)28(24)27(20)15-16-6-3-2-4-7-16/h2-4,6-11,20-21H,5,12-15H2,1H3,(H2,25,26,30)/t20-,21+,24+/m1/s1. The zero-order valence-electron chi connectivity index (χ0n) is 18.3. The predicted octanol–water partition coefficient (Wildman–Crippen LogP) is 3.34. The Balaban J connectivity index is 1.51. The number of benzene rings is 2. The molecule has 4 heterocycles. The van der Waals surface area contributed by atoms with Crippen molar-refractivity contribution >= 4 is 35.5 Å². The Hall–Kier alpha value is -2.36. The third-order valence-electron chi connectivity index (χ3n) is 7.07. The number of ether oxygens (including phenoxy) is 1. The first kappa shape index (κ1) is 21.2. The number of thioether (sulfide) groups is 2. The molecule has 2 spiro atoms. The number of hydrogen-bond acceptors (Lipinski definition) is 6. The van der Waals surface area contributed by atoms with Crippen molar-refractivity contribution in [1.82, 2.24) is 20.7 Å². The van der Waals surface area contributed by atoms with E-state index in [2.05, 4.69) is 27.8 Å². The highest BCUT2D eigenvalue weighted by atomic mass is 32.2. The van der Waals surface area contributed by atoms with Crippen molar-refractivity contribution in [2.24, 2.45) is 0 Å². The van der Waals surface area contributed by atoms with Crippen molar-refractivity contribution in [3.05, 3.63) is 65.7 Å². The van der Waals surface area contributed by atoms with Crippen LogP contribution in [0.1, 0.15) is 30.0 Å². The van der Waals surface area contributed by atoms with Crippen molar-refractivity contribution in [2.45, 2.75) is 41.2 Å². The van der Waals surface area contributed by atoms with E-state index in [1.54, 1.807) is 7.11 Å². The average Bonchev–Trinajstić information content (AvgIpc) is 3.38. The molecule has 2 aromatic rings. The van der Waals surface area contributed by atoms with Gasteiger partial charge in [-0.2, -0.15) is 0 Å². The second-order valence-electron chi connectivity index (χ2n) is 8.83. The van der Waals surface area contributed by atoms with Gasteiger partial charge in [0.2, 0.25) is 5.91 Å². The second-order valence-corrected chi connectivity index (χ2v) is 11.9. The number of methoxy groups -OCH3 is 1. The van der Waals surface area contributed by atoms with Gasteiger partial charge in [0.25, 0.3) is 0 Å². The molecule has 4 fully saturated rings. The molecule has 2 N–H and O–H groups in total. The third kappa shape index (κ3) is 3.02. The van der Waals surface area contributed by atoms with E-state index in [9.17, 15) is 9.59 Å². The van der Waals surface area contributed by atoms with E-state index in [1.165, 1.54) is 0 Å². The van der Waals surface area contributed by atoms with Crippen LogP contribution in [0.25, 0.3) is 0 Å². The van der Waals surface area contributed by atoms with Crippen molar-refractivity contribution in [2.75, 3.05) is 18.6 Å². The molecule has 0 aromatic heterocycles. The minimum Gasteiger partial charge on any atom is -0.497 e. The smallest absolute Gasteiger partial charge is 0.317 e. The van der Waals surface area contributed by atoms with Crippen molar-refractivity contribution in [3.63, 3.8) is 0 Å². The van der Waals surface area contributed by atoms with E-state index >= 15 is 0 Å². The fraction of sp³-hybridized carbons (Fsp3) is 0.417. The number of nitrogens with zero attached hydrogens (tertiary/aromatic N) is 2. The summed E-state index contributed by atoms with van der Waals surface area (Å²) in [6.07, 6.45) is 1.53. The fourth-order valence-electron chi connectivity index (χ4n) is 5.77. The molecule has 0 aliphatic carbocycles. The Morgan fingerprint density at radius 3 is 2.48 bits per heavy atom. The topological polar surface area (TPSA) is 73.9 Å². The Bertz CT molecular complexity index is 1080. The van der Waals surface area contributed by atoms with Gasteiger partial charge in [-0.3, -0.25) is 4.79 Å². The number of hydrogen-bond donors (Lipinski definition) is 2. The van der Waals surface area contributed by atoms with Gasteiger partial charge in [0.1, 0.15) is 9.83 Å². The lowest BCUT2D eigenvalue weighted by Gasteiger charge is -2.45. The average molecular weight is 483 g/mol. The van der Waals surface area contributed by atoms with Crippen LogP contribution < -0.4 is 15.4 Å². The molecule has 172 valence electrons. The maximum Gasteiger partial charge on any atom is 0.317 e. The van der Waals surface area contributed by atoms with Gasteiger partial charge in [-0.1, -0.05) is 42.5 Å². The number of urea groups is 1. The SMILES string of the molecule is COc1ccc([C@@H]2[C@@H]3NC(=O)N[C@]34N(C(=O)CC43SCCCS3)N2Cc2ccccc2)cc1. The highest BCUT2D eigenvalue weighted by Crippen LogP contribution is 2.64. The number of amides is 3. The Kier molecular flexibility index (Phi) is 5.04. The van der Waals surface area contributed by atoms with Crippen LogP contribution in [-0.2, 0) is 11.3 Å². The maximum absolute atomic E-state index is 13.7. The van der Waals surface area contributed by atoms with Crippen molar-refractivity contribution in [3.8, 4) is 5.75 Å². The molecule has 0 saturated carbocycles. The quantitative estimate of drug-likeness (QED) is 0.696. The molecule has 3 atom stereocenters. The normalized spacial score (nSPS) is 30.2. The van der Waals surface area contributed by atoms with E-state index in [0.717, 1.165) is 34.8 Å². The number of carbonyl (C=O) groups excluding carboxylic acids is 2. The van der Waals surface area contributed by atoms with Gasteiger partial charge in [0, 0.05) is 6.54 Å². The summed E-state index contributed by atoms with van der Waals surface area (Å²) in [7, 11) is 1.65. The number of hydrazine groups is 1. The van der Waals surface area contributed by atoms with Crippen LogP contribution in [-0.4, -0.2) is 56.4 Å². The largest absolute Gasteiger partial charge is 0.497 e. The molecule has 2 aromatic carbocycles. The minimum atomic E-state index is -0.809. The molecule has 4 aliphatic rings. The first-order valence-corrected chi connectivity index (χ1v) is 13.2. The molecule has 9 heteroatoms. The third-order valence-corrected chi connectivity index (χ3v) is 10.6. The Morgan fingerprint density at radius 1 is 1.06 bits per heavy atom. The lowest BCUT2D eigenvalue weighted by molar-refractivity contribution is -0.150. The van der Waals surface area contributed by atoms with Gasteiger partial charge in [-0.05, 0) is 41.2 Å². The van der Waals surface area contributed by atoms with Gasteiger partial charge in [-0.15, -0.1) is 23.5 Å². The van der Waals surface area contributed by atoms with Crippen LogP contribution in [0.3, 0.4) is 0 Å². The number of nitrogens with one attached hydrogen (secondary N) is 2. The number of rotatable bonds is 4. The molecule has 6 rings (SSSR count). The fourth-order valence-corrected chi connectivity index (χ4v) is 9.44. The molecule has 0 bridgehead atoms. The summed E-state index contributed by atoms with van der Waals surface area (Å²) in [5, 5.41) is 10.5. The van der Waals surface area contributed by atoms with Crippen LogP contribution in [0, 0.1) is 0 Å². The molecule has 7 nitrogen and oxygen atoms in total. The molecular weight excluding hydrogens is 456 g/mol. The summed E-state index contributed by atoms with van der Waals surface area (Å²) in [5.41, 5.74) is 1.36. The van der Waals surface area contributed by atoms with Crippen LogP contribution in [0.2, 0.25) is 0 Å². The highest BCUT2D eigenvalue weighted by Gasteiger charge is 2.77. The van der Waals surface area contributed by atoms with E-state index in [4.69, 9.17) is 4.74 Å². The van der Waals surface area contributed by atoms with Gasteiger partial charge >= 0.3 is 6.03 Å². The first-order chi connectivity index (χ1) is 16.1. The van der Waals surface area contributed by atoms with Gasteiger partial charge in [-0.25, -0.2) is 14.8 Å². The lowest BCUT2D eigenvalue weighted by Crippen LogP contribution is -2.66. The van der Waals surface area contributed by atoms with Crippen molar-refractivity contribution < 1.29 is 14.3 Å². The summed E-state index contributed by atoms with van der Waals surface area (Å²) in [5.74, 6) is 2.83. The van der Waals surface area contributed by atoms with Crippen LogP contribution in [0.5, 0.6) is 5.75 Å². The zero-order valence-corrected chi connectivity index (χ0v) is 20.0. The van der Waals surface area contributed by atoms with E-state index in [0.29, 0.717) is 13.0 Å². The van der Waals surface area contributed by atoms with Crippen LogP contribution >= 0.6 is 23.5 Å². The number of carbonyl (C=O) groups is 2. The highest BCUT2D eigenvalue weighted by molar-refractivity contribution is 8.19. The molecule has 3 amide bonds. The van der Waals surface area contributed by atoms with E-state index in [1.807, 2.05) is 71.0 Å². The Morgan fingerprint density at radius 2 is 1.79 bits per heavy atom. The predicted molar refractivity (Wildman–Crippen MR) is 130 cm³/mol. The Labute approximate surface area is 201 Å². The first-order valence-electron chi connectivity index (χ1n) is 11.2. The van der Waals surface area contributed by atoms with Gasteiger partial charge in [0.15, 0.2) is 5.66 Å². The van der Waals surface area contributed by atoms with Crippen LogP contribution in [0.15, 0.2) is 54.6 Å². The van der Waals surface area contributed by atoms with E-state index in [-0.39, 0.29) is 24.0 Å². The van der Waals surface area contributed by atoms with E-state index < -0.39 is 9.74 Å². The molecular formula is C24H26N4O3S2. The minimum absolute atomic E-state index is 0.0674. The van der Waals surface area contributed by atoms with Gasteiger partial charge < -0.3 is 15.4 Å². The lowest BCUT2D eigenvalue weighted by atomic mass is 9.90. The maximum atomic E-state index is 13.7. The summed E-state index contributed by atoms with van der Waals surface area (Å²) in [6, 6.07) is 17.5. The zero-order chi connectivity index (χ0) is 22.6. The molecule has 33 heavy (non-hydrogen) atoms.